The van der Waals surface area contributed by atoms with Crippen molar-refractivity contribution in [2.24, 2.45) is 5.73 Å². The predicted molar refractivity (Wildman–Crippen MR) is 111 cm³/mol. The summed E-state index contributed by atoms with van der Waals surface area (Å²) in [5.41, 5.74) is 6.26. The van der Waals surface area contributed by atoms with Gasteiger partial charge in [0.2, 0.25) is 0 Å². The standard InChI is InChI=1S/C23H17F4NOS/c24-17-9-3-6-13-4-1-5-14(19(13)17)10-11-18-21(29)20(22(28)30-18)15-7-2-8-16(12-15)23(25,26)27/h1-9,12,18H,10-11,28H2. The summed E-state index contributed by atoms with van der Waals surface area (Å²) in [7, 11) is 0. The zero-order chi connectivity index (χ0) is 21.5. The molecule has 1 aliphatic rings. The number of thioether (sulfide) groups is 1. The van der Waals surface area contributed by atoms with Crippen LogP contribution in [0.3, 0.4) is 0 Å². The number of benzene rings is 3. The van der Waals surface area contributed by atoms with Crippen LogP contribution in [0, 0.1) is 5.82 Å². The Kier molecular flexibility index (Phi) is 5.32. The summed E-state index contributed by atoms with van der Waals surface area (Å²) in [6, 6.07) is 15.0. The Morgan fingerprint density at radius 3 is 2.43 bits per heavy atom. The molecule has 0 radical (unpaired) electrons. The average molecular weight is 431 g/mol. The van der Waals surface area contributed by atoms with Gasteiger partial charge in [0.25, 0.3) is 0 Å². The molecule has 0 amide bonds. The number of hydrogen-bond acceptors (Lipinski definition) is 3. The maximum absolute atomic E-state index is 14.3. The maximum Gasteiger partial charge on any atom is 0.416 e. The molecule has 3 aromatic carbocycles. The van der Waals surface area contributed by atoms with Gasteiger partial charge in [0.15, 0.2) is 5.78 Å². The minimum atomic E-state index is -4.50. The molecule has 0 saturated carbocycles. The lowest BCUT2D eigenvalue weighted by Crippen LogP contribution is -2.15. The largest absolute Gasteiger partial charge is 0.416 e. The first-order chi connectivity index (χ1) is 14.3. The van der Waals surface area contributed by atoms with Gasteiger partial charge in [-0.3, -0.25) is 4.79 Å². The van der Waals surface area contributed by atoms with Crippen molar-refractivity contribution in [3.05, 3.63) is 88.2 Å². The molecular formula is C23H17F4NOS. The number of rotatable bonds is 4. The molecule has 0 aliphatic carbocycles. The number of carbonyl (C=O) groups is 1. The number of nitrogens with two attached hydrogens (primary N) is 1. The normalized spacial score (nSPS) is 17.2. The van der Waals surface area contributed by atoms with Gasteiger partial charge < -0.3 is 5.73 Å². The minimum Gasteiger partial charge on any atom is -0.393 e. The van der Waals surface area contributed by atoms with Crippen molar-refractivity contribution < 1.29 is 22.4 Å². The number of hydrogen-bond donors (Lipinski definition) is 1. The van der Waals surface area contributed by atoms with Crippen LogP contribution in [-0.4, -0.2) is 11.0 Å². The van der Waals surface area contributed by atoms with E-state index < -0.39 is 17.0 Å². The summed E-state index contributed by atoms with van der Waals surface area (Å²) < 4.78 is 53.4. The van der Waals surface area contributed by atoms with E-state index in [9.17, 15) is 22.4 Å². The van der Waals surface area contributed by atoms with E-state index in [4.69, 9.17) is 5.73 Å². The Labute approximate surface area is 174 Å². The van der Waals surface area contributed by atoms with E-state index in [1.165, 1.54) is 18.2 Å². The van der Waals surface area contributed by atoms with Crippen LogP contribution >= 0.6 is 11.8 Å². The average Bonchev–Trinajstić information content (AvgIpc) is 2.99. The molecule has 2 N–H and O–H groups in total. The quantitative estimate of drug-likeness (QED) is 0.520. The minimum absolute atomic E-state index is 0.125. The molecule has 154 valence electrons. The van der Waals surface area contributed by atoms with Crippen LogP contribution in [0.2, 0.25) is 0 Å². The highest BCUT2D eigenvalue weighted by Gasteiger charge is 2.35. The van der Waals surface area contributed by atoms with Crippen molar-refractivity contribution in [3.63, 3.8) is 0 Å². The molecule has 1 unspecified atom stereocenters. The molecule has 1 atom stereocenters. The van der Waals surface area contributed by atoms with E-state index in [-0.39, 0.29) is 27.8 Å². The van der Waals surface area contributed by atoms with Crippen molar-refractivity contribution in [3.8, 4) is 0 Å². The van der Waals surface area contributed by atoms with Crippen LogP contribution in [0.25, 0.3) is 16.3 Å². The zero-order valence-corrected chi connectivity index (χ0v) is 16.5. The molecule has 0 bridgehead atoms. The van der Waals surface area contributed by atoms with E-state index in [1.54, 1.807) is 6.07 Å². The van der Waals surface area contributed by atoms with E-state index in [0.29, 0.717) is 18.2 Å². The maximum atomic E-state index is 14.3. The smallest absolute Gasteiger partial charge is 0.393 e. The third-order valence-electron chi connectivity index (χ3n) is 5.15. The molecular weight excluding hydrogens is 414 g/mol. The second kappa shape index (κ2) is 7.80. The monoisotopic (exact) mass is 431 g/mol. The number of fused-ring (bicyclic) bond motifs is 1. The highest BCUT2D eigenvalue weighted by atomic mass is 32.2. The van der Waals surface area contributed by atoms with Crippen molar-refractivity contribution in [1.29, 1.82) is 0 Å². The Morgan fingerprint density at radius 1 is 1.00 bits per heavy atom. The second-order valence-corrected chi connectivity index (χ2v) is 8.33. The van der Waals surface area contributed by atoms with Gasteiger partial charge in [-0.25, -0.2) is 4.39 Å². The van der Waals surface area contributed by atoms with Crippen molar-refractivity contribution in [2.45, 2.75) is 24.3 Å². The number of aryl methyl sites for hydroxylation is 1. The molecule has 0 aromatic heterocycles. The fourth-order valence-corrected chi connectivity index (χ4v) is 4.84. The first-order valence-corrected chi connectivity index (χ1v) is 10.2. The molecule has 1 aliphatic heterocycles. The van der Waals surface area contributed by atoms with Gasteiger partial charge in [-0.15, -0.1) is 0 Å². The van der Waals surface area contributed by atoms with Crippen molar-refractivity contribution in [1.82, 2.24) is 0 Å². The predicted octanol–water partition coefficient (Wildman–Crippen LogP) is 5.94. The van der Waals surface area contributed by atoms with Gasteiger partial charge in [-0.1, -0.05) is 54.2 Å². The summed E-state index contributed by atoms with van der Waals surface area (Å²) in [6.07, 6.45) is -3.65. The van der Waals surface area contributed by atoms with Crippen LogP contribution < -0.4 is 5.73 Å². The highest BCUT2D eigenvalue weighted by molar-refractivity contribution is 8.05. The lowest BCUT2D eigenvalue weighted by Gasteiger charge is -2.12. The molecule has 2 nitrogen and oxygen atoms in total. The van der Waals surface area contributed by atoms with Crippen LogP contribution in [0.1, 0.15) is 23.1 Å². The molecule has 0 spiro atoms. The summed E-state index contributed by atoms with van der Waals surface area (Å²) in [5.74, 6) is -0.617. The SMILES string of the molecule is NC1=C(c2cccc(C(F)(F)F)c2)C(=O)C(CCc2cccc3cccc(F)c23)S1. The Bertz CT molecular complexity index is 1160. The summed E-state index contributed by atoms with van der Waals surface area (Å²) in [6.45, 7) is 0. The Balaban J connectivity index is 1.55. The van der Waals surface area contributed by atoms with E-state index in [0.717, 1.165) is 34.8 Å². The molecule has 7 heteroatoms. The van der Waals surface area contributed by atoms with Crippen molar-refractivity contribution in [2.75, 3.05) is 0 Å². The van der Waals surface area contributed by atoms with E-state index >= 15 is 0 Å². The molecule has 3 aromatic rings. The highest BCUT2D eigenvalue weighted by Crippen LogP contribution is 2.41. The second-order valence-electron chi connectivity index (χ2n) is 7.08. The first kappa shape index (κ1) is 20.5. The number of allylic oxidation sites excluding steroid dienone is 1. The lowest BCUT2D eigenvalue weighted by atomic mass is 9.95. The number of ketones is 1. The zero-order valence-electron chi connectivity index (χ0n) is 15.7. The topological polar surface area (TPSA) is 43.1 Å². The summed E-state index contributed by atoms with van der Waals surface area (Å²) in [4.78, 5) is 12.9. The Hall–Kier alpha value is -2.80. The van der Waals surface area contributed by atoms with E-state index in [2.05, 4.69) is 0 Å². The van der Waals surface area contributed by atoms with Gasteiger partial charge in [0.1, 0.15) is 5.82 Å². The third-order valence-corrected chi connectivity index (χ3v) is 6.34. The molecule has 30 heavy (non-hydrogen) atoms. The number of halogens is 4. The fourth-order valence-electron chi connectivity index (χ4n) is 3.74. The number of alkyl halides is 3. The van der Waals surface area contributed by atoms with Gasteiger partial charge in [-0.05, 0) is 47.6 Å². The summed E-state index contributed by atoms with van der Waals surface area (Å²) >= 11 is 1.15. The molecule has 4 rings (SSSR count). The molecule has 0 saturated heterocycles. The van der Waals surface area contributed by atoms with Gasteiger partial charge in [-0.2, -0.15) is 13.2 Å². The number of Topliss-reactive ketones (excluding diaryl/α,β-unsaturated/α-hetero) is 1. The third kappa shape index (κ3) is 3.81. The Morgan fingerprint density at radius 2 is 1.70 bits per heavy atom. The van der Waals surface area contributed by atoms with Crippen LogP contribution in [0.15, 0.2) is 65.7 Å². The first-order valence-electron chi connectivity index (χ1n) is 9.30. The summed E-state index contributed by atoms with van der Waals surface area (Å²) in [5, 5.41) is 1.000. The van der Waals surface area contributed by atoms with Gasteiger partial charge in [0, 0.05) is 5.39 Å². The fraction of sp³-hybridized carbons (Fsp3) is 0.174. The van der Waals surface area contributed by atoms with E-state index in [1.807, 2.05) is 24.3 Å². The molecule has 0 fully saturated rings. The van der Waals surface area contributed by atoms with Crippen LogP contribution in [-0.2, 0) is 17.4 Å². The lowest BCUT2D eigenvalue weighted by molar-refractivity contribution is -0.137. The molecule has 1 heterocycles. The van der Waals surface area contributed by atoms with Gasteiger partial charge >= 0.3 is 6.18 Å². The van der Waals surface area contributed by atoms with Crippen molar-refractivity contribution >= 4 is 33.9 Å². The van der Waals surface area contributed by atoms with Crippen LogP contribution in [0.5, 0.6) is 0 Å². The van der Waals surface area contributed by atoms with Gasteiger partial charge in [0.05, 0.1) is 21.4 Å². The number of carbonyl (C=O) groups excluding carboxylic acids is 1. The van der Waals surface area contributed by atoms with Crippen LogP contribution in [0.4, 0.5) is 17.6 Å².